The van der Waals surface area contributed by atoms with Gasteiger partial charge in [-0.15, -0.1) is 0 Å². The summed E-state index contributed by atoms with van der Waals surface area (Å²) in [6.07, 6.45) is 2.69. The lowest BCUT2D eigenvalue weighted by atomic mass is 9.80. The van der Waals surface area contributed by atoms with Gasteiger partial charge in [-0.05, 0) is 23.8 Å². The predicted molar refractivity (Wildman–Crippen MR) is 75.1 cm³/mol. The van der Waals surface area contributed by atoms with Gasteiger partial charge in [-0.25, -0.2) is 0 Å². The molecule has 0 aliphatic carbocycles. The molecule has 4 nitrogen and oxygen atoms in total. The van der Waals surface area contributed by atoms with E-state index in [1.807, 2.05) is 4.90 Å². The van der Waals surface area contributed by atoms with Crippen LogP contribution in [0.15, 0.2) is 23.1 Å². The van der Waals surface area contributed by atoms with E-state index in [0.29, 0.717) is 11.5 Å². The van der Waals surface area contributed by atoms with Crippen molar-refractivity contribution in [3.05, 3.63) is 34.2 Å². The highest BCUT2D eigenvalue weighted by atomic mass is 16.2. The van der Waals surface area contributed by atoms with E-state index in [-0.39, 0.29) is 16.9 Å². The van der Waals surface area contributed by atoms with Gasteiger partial charge in [0.25, 0.3) is 11.5 Å². The SMILES string of the molecule is Cn1ccc(C(=O)N2CCC(C(C)(C)C)C2)cc1=O. The van der Waals surface area contributed by atoms with E-state index in [2.05, 4.69) is 20.8 Å². The number of hydrogen-bond donors (Lipinski definition) is 0. The zero-order valence-corrected chi connectivity index (χ0v) is 12.1. The molecular weight excluding hydrogens is 240 g/mol. The molecule has 0 spiro atoms. The monoisotopic (exact) mass is 262 g/mol. The second kappa shape index (κ2) is 4.83. The van der Waals surface area contributed by atoms with Gasteiger partial charge in [-0.3, -0.25) is 9.59 Å². The molecule has 4 heteroatoms. The topological polar surface area (TPSA) is 42.3 Å². The minimum absolute atomic E-state index is 0.0237. The van der Waals surface area contributed by atoms with E-state index < -0.39 is 0 Å². The van der Waals surface area contributed by atoms with Crippen LogP contribution in [0, 0.1) is 11.3 Å². The average molecular weight is 262 g/mol. The Morgan fingerprint density at radius 2 is 2.05 bits per heavy atom. The molecule has 1 aromatic heterocycles. The lowest BCUT2D eigenvalue weighted by molar-refractivity contribution is 0.0776. The van der Waals surface area contributed by atoms with Crippen LogP contribution in [0.3, 0.4) is 0 Å². The summed E-state index contributed by atoms with van der Waals surface area (Å²) >= 11 is 0. The van der Waals surface area contributed by atoms with Gasteiger partial charge < -0.3 is 9.47 Å². The van der Waals surface area contributed by atoms with Crippen LogP contribution in [0.25, 0.3) is 0 Å². The van der Waals surface area contributed by atoms with Crippen molar-refractivity contribution >= 4 is 5.91 Å². The molecule has 2 heterocycles. The van der Waals surface area contributed by atoms with Gasteiger partial charge in [0.05, 0.1) is 0 Å². The molecule has 1 fully saturated rings. The molecular formula is C15H22N2O2. The molecule has 1 atom stereocenters. The Kier molecular flexibility index (Phi) is 3.52. The number of aryl methyl sites for hydroxylation is 1. The maximum Gasteiger partial charge on any atom is 0.254 e. The van der Waals surface area contributed by atoms with Gasteiger partial charge in [0, 0.05) is 38.0 Å². The van der Waals surface area contributed by atoms with E-state index in [9.17, 15) is 9.59 Å². The highest BCUT2D eigenvalue weighted by Crippen LogP contribution is 2.33. The first kappa shape index (κ1) is 13.8. The smallest absolute Gasteiger partial charge is 0.254 e. The van der Waals surface area contributed by atoms with Crippen LogP contribution in [-0.4, -0.2) is 28.5 Å². The normalized spacial score (nSPS) is 19.8. The molecule has 1 aromatic rings. The van der Waals surface area contributed by atoms with Crippen molar-refractivity contribution in [2.45, 2.75) is 27.2 Å². The highest BCUT2D eigenvalue weighted by Gasteiger charge is 2.34. The minimum Gasteiger partial charge on any atom is -0.338 e. The van der Waals surface area contributed by atoms with Crippen molar-refractivity contribution in [1.82, 2.24) is 9.47 Å². The molecule has 0 aromatic carbocycles. The summed E-state index contributed by atoms with van der Waals surface area (Å²) in [6, 6.07) is 3.14. The van der Waals surface area contributed by atoms with E-state index >= 15 is 0 Å². The highest BCUT2D eigenvalue weighted by molar-refractivity contribution is 5.94. The molecule has 0 saturated carbocycles. The number of hydrogen-bond acceptors (Lipinski definition) is 2. The Bertz CT molecular complexity index is 540. The number of amides is 1. The molecule has 2 rings (SSSR count). The van der Waals surface area contributed by atoms with Gasteiger partial charge in [-0.2, -0.15) is 0 Å². The molecule has 1 saturated heterocycles. The third-order valence-electron chi connectivity index (χ3n) is 4.05. The number of rotatable bonds is 1. The van der Waals surface area contributed by atoms with Crippen molar-refractivity contribution in [3.8, 4) is 0 Å². The quantitative estimate of drug-likeness (QED) is 0.775. The molecule has 0 radical (unpaired) electrons. The van der Waals surface area contributed by atoms with Gasteiger partial charge in [0.2, 0.25) is 0 Å². The van der Waals surface area contributed by atoms with Crippen LogP contribution in [0.4, 0.5) is 0 Å². The van der Waals surface area contributed by atoms with Gasteiger partial charge in [0.1, 0.15) is 0 Å². The lowest BCUT2D eigenvalue weighted by Crippen LogP contribution is -2.32. The largest absolute Gasteiger partial charge is 0.338 e. The minimum atomic E-state index is -0.141. The standard InChI is InChI=1S/C15H22N2O2/c1-15(2,3)12-6-8-17(10-12)14(19)11-5-7-16(4)13(18)9-11/h5,7,9,12H,6,8,10H2,1-4H3. The summed E-state index contributed by atoms with van der Waals surface area (Å²) in [7, 11) is 1.68. The molecule has 19 heavy (non-hydrogen) atoms. The van der Waals surface area contributed by atoms with Crippen LogP contribution in [0.5, 0.6) is 0 Å². The first-order valence-electron chi connectivity index (χ1n) is 6.75. The Labute approximate surface area is 114 Å². The number of carbonyl (C=O) groups excluding carboxylic acids is 1. The third-order valence-corrected chi connectivity index (χ3v) is 4.05. The zero-order valence-electron chi connectivity index (χ0n) is 12.1. The van der Waals surface area contributed by atoms with Crippen LogP contribution in [-0.2, 0) is 7.05 Å². The zero-order chi connectivity index (χ0) is 14.2. The van der Waals surface area contributed by atoms with Crippen LogP contribution < -0.4 is 5.56 Å². The number of pyridine rings is 1. The number of aromatic nitrogens is 1. The summed E-state index contributed by atoms with van der Waals surface area (Å²) in [5.41, 5.74) is 0.581. The van der Waals surface area contributed by atoms with Gasteiger partial charge in [0.15, 0.2) is 0 Å². The van der Waals surface area contributed by atoms with E-state index in [0.717, 1.165) is 19.5 Å². The number of likely N-dealkylation sites (tertiary alicyclic amines) is 1. The van der Waals surface area contributed by atoms with Crippen LogP contribution in [0.1, 0.15) is 37.6 Å². The second-order valence-corrected chi connectivity index (χ2v) is 6.47. The van der Waals surface area contributed by atoms with Crippen molar-refractivity contribution in [1.29, 1.82) is 0 Å². The van der Waals surface area contributed by atoms with E-state index in [4.69, 9.17) is 0 Å². The Morgan fingerprint density at radius 3 is 2.58 bits per heavy atom. The van der Waals surface area contributed by atoms with Crippen molar-refractivity contribution in [2.24, 2.45) is 18.4 Å². The second-order valence-electron chi connectivity index (χ2n) is 6.47. The number of nitrogens with zero attached hydrogens (tertiary/aromatic N) is 2. The maximum atomic E-state index is 12.4. The number of carbonyl (C=O) groups is 1. The fourth-order valence-corrected chi connectivity index (χ4v) is 2.52. The summed E-state index contributed by atoms with van der Waals surface area (Å²) in [6.45, 7) is 8.21. The van der Waals surface area contributed by atoms with Gasteiger partial charge >= 0.3 is 0 Å². The Balaban J connectivity index is 2.13. The average Bonchev–Trinajstić information content (AvgIpc) is 2.81. The third kappa shape index (κ3) is 2.88. The van der Waals surface area contributed by atoms with E-state index in [1.54, 1.807) is 19.3 Å². The summed E-state index contributed by atoms with van der Waals surface area (Å²) < 4.78 is 1.47. The molecule has 0 N–H and O–H groups in total. The lowest BCUT2D eigenvalue weighted by Gasteiger charge is -2.27. The predicted octanol–water partition coefficient (Wildman–Crippen LogP) is 1.89. The first-order chi connectivity index (χ1) is 8.79. The van der Waals surface area contributed by atoms with Crippen molar-refractivity contribution in [3.63, 3.8) is 0 Å². The first-order valence-corrected chi connectivity index (χ1v) is 6.75. The Morgan fingerprint density at radius 1 is 1.37 bits per heavy atom. The van der Waals surface area contributed by atoms with Crippen LogP contribution >= 0.6 is 0 Å². The Hall–Kier alpha value is -1.58. The fraction of sp³-hybridized carbons (Fsp3) is 0.600. The van der Waals surface area contributed by atoms with Crippen LogP contribution in [0.2, 0.25) is 0 Å². The van der Waals surface area contributed by atoms with Crippen molar-refractivity contribution in [2.75, 3.05) is 13.1 Å². The molecule has 1 amide bonds. The summed E-state index contributed by atoms with van der Waals surface area (Å²) in [5.74, 6) is 0.507. The molecule has 1 aliphatic heterocycles. The summed E-state index contributed by atoms with van der Waals surface area (Å²) in [5, 5.41) is 0. The molecule has 1 unspecified atom stereocenters. The fourth-order valence-electron chi connectivity index (χ4n) is 2.52. The van der Waals surface area contributed by atoms with E-state index in [1.165, 1.54) is 10.6 Å². The summed E-state index contributed by atoms with van der Waals surface area (Å²) in [4.78, 5) is 25.8. The molecule has 0 bridgehead atoms. The van der Waals surface area contributed by atoms with Gasteiger partial charge in [-0.1, -0.05) is 20.8 Å². The molecule has 104 valence electrons. The van der Waals surface area contributed by atoms with Crippen molar-refractivity contribution < 1.29 is 4.79 Å². The molecule has 1 aliphatic rings. The maximum absolute atomic E-state index is 12.4.